The van der Waals surface area contributed by atoms with Crippen molar-refractivity contribution in [2.75, 3.05) is 25.4 Å². The number of oxime groups is 1. The number of nitrogens with zero attached hydrogens (tertiary/aromatic N) is 7. The Hall–Kier alpha value is -3.72. The second-order valence-electron chi connectivity index (χ2n) is 9.72. The minimum absolute atomic E-state index is 0.0441. The number of β-lactam (4-membered cyclic amide) rings is 1. The highest BCUT2D eigenvalue weighted by Crippen LogP contribution is 2.40. The van der Waals surface area contributed by atoms with E-state index in [0.717, 1.165) is 29.2 Å². The van der Waals surface area contributed by atoms with Crippen molar-refractivity contribution in [1.82, 2.24) is 34.5 Å². The minimum atomic E-state index is -4.97. The quantitative estimate of drug-likeness (QED) is 0.0718. The Bertz CT molecular complexity index is 1460. The van der Waals surface area contributed by atoms with Gasteiger partial charge in [0.05, 0.1) is 18.4 Å². The summed E-state index contributed by atoms with van der Waals surface area (Å²) in [5.41, 5.74) is 9.81. The van der Waals surface area contributed by atoms with E-state index >= 15 is 0 Å². The SMILES string of the molecule is NCC1CN(Cc2cnn(C[C@@H]3[C@H](NC(=O)/C(=N\OC4(C(=O)O)CC4)c4csc(N)n4)C(=O)N3S(=O)(=O)O)n2)C1. The monoisotopic (exact) mass is 598 g/mol. The molecule has 0 spiro atoms. The maximum atomic E-state index is 13.2. The van der Waals surface area contributed by atoms with Crippen LogP contribution in [0, 0.1) is 5.92 Å². The number of hydrogen-bond acceptors (Lipinski definition) is 14. The van der Waals surface area contributed by atoms with E-state index in [1.165, 1.54) is 11.6 Å². The van der Waals surface area contributed by atoms with Gasteiger partial charge < -0.3 is 26.7 Å². The molecule has 4 heterocycles. The van der Waals surface area contributed by atoms with Gasteiger partial charge in [-0.1, -0.05) is 5.16 Å². The van der Waals surface area contributed by atoms with Gasteiger partial charge in [-0.15, -0.1) is 11.3 Å². The van der Waals surface area contributed by atoms with Gasteiger partial charge in [-0.3, -0.25) is 19.0 Å². The zero-order chi connectivity index (χ0) is 28.8. The normalized spacial score (nSPS) is 22.9. The van der Waals surface area contributed by atoms with E-state index in [4.69, 9.17) is 16.3 Å². The van der Waals surface area contributed by atoms with Crippen molar-refractivity contribution < 1.29 is 37.3 Å². The van der Waals surface area contributed by atoms with Gasteiger partial charge >= 0.3 is 16.3 Å². The highest BCUT2D eigenvalue weighted by Gasteiger charge is 2.56. The average molecular weight is 599 g/mol. The fourth-order valence-corrected chi connectivity index (χ4v) is 5.81. The number of carbonyl (C=O) groups is 3. The first-order chi connectivity index (χ1) is 18.9. The third kappa shape index (κ3) is 5.47. The van der Waals surface area contributed by atoms with Crippen molar-refractivity contribution in [3.05, 3.63) is 23.0 Å². The fourth-order valence-electron chi connectivity index (χ4n) is 4.39. The van der Waals surface area contributed by atoms with Gasteiger partial charge in [0.25, 0.3) is 11.8 Å². The highest BCUT2D eigenvalue weighted by atomic mass is 32.2. The second kappa shape index (κ2) is 10.4. The second-order valence-corrected chi connectivity index (χ2v) is 11.9. The molecule has 0 aromatic carbocycles. The molecule has 2 saturated heterocycles. The lowest BCUT2D eigenvalue weighted by molar-refractivity contribution is -0.153. The van der Waals surface area contributed by atoms with Crippen LogP contribution < -0.4 is 16.8 Å². The van der Waals surface area contributed by atoms with Crippen LogP contribution in [0.4, 0.5) is 5.13 Å². The zero-order valence-corrected chi connectivity index (χ0v) is 22.4. The molecule has 2 aromatic heterocycles. The third-order valence-electron chi connectivity index (χ3n) is 6.78. The van der Waals surface area contributed by atoms with Gasteiger partial charge in [0.2, 0.25) is 5.60 Å². The van der Waals surface area contributed by atoms with Gasteiger partial charge in [0.15, 0.2) is 10.8 Å². The summed E-state index contributed by atoms with van der Waals surface area (Å²) in [6.07, 6.45) is 1.85. The number of carboxylic acid groups (broad SMARTS) is 1. The van der Waals surface area contributed by atoms with Gasteiger partial charge in [0, 0.05) is 37.9 Å². The first kappa shape index (κ1) is 27.8. The van der Waals surface area contributed by atoms with Gasteiger partial charge in [0.1, 0.15) is 17.8 Å². The molecule has 7 N–H and O–H groups in total. The molecule has 3 aliphatic rings. The maximum absolute atomic E-state index is 13.2. The number of rotatable bonds is 12. The molecule has 216 valence electrons. The summed E-state index contributed by atoms with van der Waals surface area (Å²) in [4.78, 5) is 49.7. The number of carbonyl (C=O) groups excluding carboxylic acids is 2. The number of hydrogen-bond donors (Lipinski definition) is 5. The van der Waals surface area contributed by atoms with Crippen LogP contribution in [-0.2, 0) is 42.6 Å². The molecule has 3 fully saturated rings. The maximum Gasteiger partial charge on any atom is 0.362 e. The molecule has 0 unspecified atom stereocenters. The Morgan fingerprint density at radius 1 is 1.32 bits per heavy atom. The summed E-state index contributed by atoms with van der Waals surface area (Å²) >= 11 is 0.981. The largest absolute Gasteiger partial charge is 0.478 e. The first-order valence-electron chi connectivity index (χ1n) is 12.0. The van der Waals surface area contributed by atoms with Crippen LogP contribution in [0.3, 0.4) is 0 Å². The molecule has 2 amide bonds. The molecule has 0 radical (unpaired) electrons. The van der Waals surface area contributed by atoms with Crippen LogP contribution in [0.25, 0.3) is 0 Å². The summed E-state index contributed by atoms with van der Waals surface area (Å²) in [5, 5.41) is 25.3. The van der Waals surface area contributed by atoms with Crippen molar-refractivity contribution >= 4 is 50.3 Å². The molecule has 40 heavy (non-hydrogen) atoms. The van der Waals surface area contributed by atoms with Crippen molar-refractivity contribution in [2.45, 2.75) is 43.6 Å². The number of anilines is 1. The predicted molar refractivity (Wildman–Crippen MR) is 136 cm³/mol. The molecule has 2 atom stereocenters. The number of nitrogen functional groups attached to an aromatic ring is 1. The number of carboxylic acids is 1. The molecule has 5 rings (SSSR count). The predicted octanol–water partition coefficient (Wildman–Crippen LogP) is -2.76. The van der Waals surface area contributed by atoms with E-state index in [-0.39, 0.29) is 34.5 Å². The fraction of sp³-hybridized carbons (Fsp3) is 0.550. The Labute approximate surface area is 230 Å². The minimum Gasteiger partial charge on any atom is -0.478 e. The van der Waals surface area contributed by atoms with E-state index in [9.17, 15) is 32.5 Å². The molecule has 18 nitrogen and oxygen atoms in total. The molecule has 2 aliphatic heterocycles. The standard InChI is InChI=1S/C20H26N10O8S2/c21-3-10-5-28(6-10)7-11-4-23-29(26-11)8-13-15(17(32)30(13)40(35,36)37)25-16(31)14(12-9-39-19(22)24-12)27-38-20(1-2-20)18(33)34/h4,9-10,13,15H,1-3,5-8,21H2,(H2,22,24)(H,25,31)(H,33,34)(H,35,36,37)/b27-14-/t13-,15+/m1/s1. The van der Waals surface area contributed by atoms with E-state index in [2.05, 4.69) is 30.6 Å². The number of thiazole rings is 1. The van der Waals surface area contributed by atoms with Crippen LogP contribution in [0.15, 0.2) is 16.7 Å². The summed E-state index contributed by atoms with van der Waals surface area (Å²) < 4.78 is 33.7. The number of nitrogens with two attached hydrogens (primary N) is 2. The number of amides is 2. The van der Waals surface area contributed by atoms with Crippen LogP contribution >= 0.6 is 11.3 Å². The molecular formula is C20H26N10O8S2. The Kier molecular flexibility index (Phi) is 7.20. The van der Waals surface area contributed by atoms with Crippen LogP contribution in [0.2, 0.25) is 0 Å². The molecule has 0 bridgehead atoms. The van der Waals surface area contributed by atoms with Crippen molar-refractivity contribution in [2.24, 2.45) is 16.8 Å². The lowest BCUT2D eigenvalue weighted by Gasteiger charge is -2.43. The van der Waals surface area contributed by atoms with Crippen LogP contribution in [0.1, 0.15) is 24.2 Å². The van der Waals surface area contributed by atoms with Gasteiger partial charge in [-0.05, 0) is 12.5 Å². The molecule has 20 heteroatoms. The number of nitrogens with one attached hydrogen (secondary N) is 1. The van der Waals surface area contributed by atoms with E-state index in [1.807, 2.05) is 0 Å². The number of aliphatic carboxylic acids is 1. The first-order valence-corrected chi connectivity index (χ1v) is 14.3. The average Bonchev–Trinajstić information content (AvgIpc) is 3.33. The van der Waals surface area contributed by atoms with E-state index in [1.54, 1.807) is 0 Å². The van der Waals surface area contributed by atoms with Gasteiger partial charge in [-0.2, -0.15) is 23.4 Å². The summed E-state index contributed by atoms with van der Waals surface area (Å²) in [6, 6.07) is -2.71. The smallest absolute Gasteiger partial charge is 0.362 e. The molecular weight excluding hydrogens is 572 g/mol. The number of aromatic nitrogens is 4. The topological polar surface area (TPSA) is 262 Å². The van der Waals surface area contributed by atoms with Crippen molar-refractivity contribution in [3.63, 3.8) is 0 Å². The molecule has 2 aromatic rings. The van der Waals surface area contributed by atoms with E-state index in [0.29, 0.717) is 24.7 Å². The summed E-state index contributed by atoms with van der Waals surface area (Å²) in [7, 11) is -4.97. The highest BCUT2D eigenvalue weighted by molar-refractivity contribution is 7.84. The summed E-state index contributed by atoms with van der Waals surface area (Å²) in [5.74, 6) is -2.96. The van der Waals surface area contributed by atoms with Crippen LogP contribution in [0.5, 0.6) is 0 Å². The Morgan fingerprint density at radius 3 is 2.62 bits per heavy atom. The van der Waals surface area contributed by atoms with Crippen LogP contribution in [-0.4, -0.2) is 108 Å². The summed E-state index contributed by atoms with van der Waals surface area (Å²) in [6.45, 7) is 2.44. The molecule has 1 saturated carbocycles. The zero-order valence-electron chi connectivity index (χ0n) is 20.8. The lowest BCUT2D eigenvalue weighted by atomic mass is 9.98. The third-order valence-corrected chi connectivity index (χ3v) is 8.40. The van der Waals surface area contributed by atoms with Crippen molar-refractivity contribution in [1.29, 1.82) is 0 Å². The van der Waals surface area contributed by atoms with Gasteiger partial charge in [-0.25, -0.2) is 14.1 Å². The molecule has 1 aliphatic carbocycles. The Balaban J connectivity index is 1.32. The van der Waals surface area contributed by atoms with Crippen molar-refractivity contribution in [3.8, 4) is 0 Å². The lowest BCUT2D eigenvalue weighted by Crippen LogP contribution is -2.73. The number of likely N-dealkylation sites (tertiary alicyclic amines) is 1. The Morgan fingerprint density at radius 2 is 2.05 bits per heavy atom. The van der Waals surface area contributed by atoms with E-state index < -0.39 is 51.5 Å².